The van der Waals surface area contributed by atoms with Gasteiger partial charge in [-0.15, -0.1) is 0 Å². The predicted molar refractivity (Wildman–Crippen MR) is 128 cm³/mol. The maximum atomic E-state index is 6.21. The lowest BCUT2D eigenvalue weighted by molar-refractivity contribution is 0.743. The Bertz CT molecular complexity index is 843. The summed E-state index contributed by atoms with van der Waals surface area (Å²) in [6.45, 7) is 25.1. The van der Waals surface area contributed by atoms with Gasteiger partial charge in [0.25, 0.3) is 0 Å². The Morgan fingerprint density at radius 1 is 1.07 bits per heavy atom. The van der Waals surface area contributed by atoms with E-state index in [-0.39, 0.29) is 0 Å². The first-order chi connectivity index (χ1) is 13.0. The van der Waals surface area contributed by atoms with Crippen LogP contribution in [0.5, 0.6) is 0 Å². The van der Waals surface area contributed by atoms with Crippen LogP contribution in [0.15, 0.2) is 65.3 Å². The molecular weight excluding hydrogens is 338 g/mol. The summed E-state index contributed by atoms with van der Waals surface area (Å²) in [5, 5.41) is 0. The topological polar surface area (TPSA) is 26.0 Å². The largest absolute Gasteiger partial charge is 0.398 e. The Labute approximate surface area is 173 Å². The second-order valence-corrected chi connectivity index (χ2v) is 8.17. The summed E-state index contributed by atoms with van der Waals surface area (Å²) < 4.78 is 0. The molecular formula is C27H39N. The first kappa shape index (κ1) is 23.8. The Balaban J connectivity index is 0.00000122. The van der Waals surface area contributed by atoms with Crippen LogP contribution in [0.25, 0.3) is 5.57 Å². The summed E-state index contributed by atoms with van der Waals surface area (Å²) in [5.74, 6) is 0.351. The number of hydrogen-bond acceptors (Lipinski definition) is 1. The van der Waals surface area contributed by atoms with Crippen LogP contribution in [0.2, 0.25) is 0 Å². The molecule has 0 spiro atoms. The third-order valence-corrected chi connectivity index (χ3v) is 5.42. The van der Waals surface area contributed by atoms with Gasteiger partial charge >= 0.3 is 0 Å². The standard InChI is InChI=1S/C24H31N.C3H8/c1-14(2)17(6)11-20(15(3)4)12-21-13-23(18(21)7)22-10-9-16(5)24(25)19(22)8;1-3-2/h9-11,13,20H,1,3,12,25H2,2,4-8H3;3H2,1-2H3/b17-11-;. The van der Waals surface area contributed by atoms with E-state index in [4.69, 9.17) is 5.73 Å². The van der Waals surface area contributed by atoms with Gasteiger partial charge < -0.3 is 5.73 Å². The molecule has 0 bridgehead atoms. The molecule has 0 saturated carbocycles. The van der Waals surface area contributed by atoms with E-state index in [9.17, 15) is 0 Å². The van der Waals surface area contributed by atoms with Gasteiger partial charge in [0.2, 0.25) is 0 Å². The van der Waals surface area contributed by atoms with Gasteiger partial charge in [-0.1, -0.05) is 74.4 Å². The molecule has 1 aromatic carbocycles. The molecule has 0 saturated heterocycles. The summed E-state index contributed by atoms with van der Waals surface area (Å²) in [7, 11) is 0. The first-order valence-corrected chi connectivity index (χ1v) is 10.3. The zero-order valence-corrected chi connectivity index (χ0v) is 19.3. The Kier molecular flexibility index (Phi) is 8.75. The van der Waals surface area contributed by atoms with Crippen molar-refractivity contribution >= 4 is 11.3 Å². The summed E-state index contributed by atoms with van der Waals surface area (Å²) in [6.07, 6.45) is 6.86. The molecule has 152 valence electrons. The first-order valence-electron chi connectivity index (χ1n) is 10.3. The molecule has 0 aromatic heterocycles. The SMILES string of the molecule is C=C(C)/C(C)=C\C(CC1=CC(c2ccc(C)c(N)c2C)=C1C)C(=C)C.CCC. The van der Waals surface area contributed by atoms with Gasteiger partial charge in [0.1, 0.15) is 0 Å². The zero-order valence-electron chi connectivity index (χ0n) is 19.3. The van der Waals surface area contributed by atoms with Gasteiger partial charge in [0, 0.05) is 11.6 Å². The highest BCUT2D eigenvalue weighted by molar-refractivity contribution is 5.90. The molecule has 1 atom stereocenters. The van der Waals surface area contributed by atoms with Gasteiger partial charge in [-0.05, 0) is 81.4 Å². The number of anilines is 1. The van der Waals surface area contributed by atoms with Crippen LogP contribution in [0.1, 0.15) is 71.1 Å². The Morgan fingerprint density at radius 3 is 2.11 bits per heavy atom. The lowest BCUT2D eigenvalue weighted by Gasteiger charge is -2.27. The van der Waals surface area contributed by atoms with E-state index < -0.39 is 0 Å². The van der Waals surface area contributed by atoms with E-state index >= 15 is 0 Å². The lowest BCUT2D eigenvalue weighted by Crippen LogP contribution is -2.09. The Hall–Kier alpha value is -2.28. The van der Waals surface area contributed by atoms with Crippen LogP contribution in [0, 0.1) is 19.8 Å². The summed E-state index contributed by atoms with van der Waals surface area (Å²) in [6, 6.07) is 4.30. The van der Waals surface area contributed by atoms with Crippen molar-refractivity contribution in [1.29, 1.82) is 0 Å². The zero-order chi connectivity index (χ0) is 21.6. The van der Waals surface area contributed by atoms with Gasteiger partial charge in [-0.2, -0.15) is 0 Å². The van der Waals surface area contributed by atoms with Crippen LogP contribution in [-0.2, 0) is 0 Å². The summed E-state index contributed by atoms with van der Waals surface area (Å²) in [5.41, 5.74) is 18.4. The number of benzene rings is 1. The van der Waals surface area contributed by atoms with Crippen molar-refractivity contribution in [2.45, 2.75) is 68.2 Å². The fraction of sp³-hybridized carbons (Fsp3) is 0.407. The van der Waals surface area contributed by atoms with E-state index in [1.165, 1.54) is 45.4 Å². The molecule has 28 heavy (non-hydrogen) atoms. The maximum Gasteiger partial charge on any atom is 0.0379 e. The molecule has 2 N–H and O–H groups in total. The van der Waals surface area contributed by atoms with E-state index in [0.29, 0.717) is 5.92 Å². The number of allylic oxidation sites excluding steroid dienone is 8. The molecule has 0 fully saturated rings. The normalized spacial score (nSPS) is 14.6. The highest BCUT2D eigenvalue weighted by atomic mass is 14.6. The molecule has 0 radical (unpaired) electrons. The van der Waals surface area contributed by atoms with E-state index in [1.807, 2.05) is 0 Å². The van der Waals surface area contributed by atoms with Crippen molar-refractivity contribution in [2.75, 3.05) is 5.73 Å². The third kappa shape index (κ3) is 5.61. The fourth-order valence-electron chi connectivity index (χ4n) is 3.19. The quantitative estimate of drug-likeness (QED) is 0.302. The number of nitrogens with two attached hydrogens (primary N) is 1. The molecule has 2 rings (SSSR count). The van der Waals surface area contributed by atoms with Crippen LogP contribution in [0.3, 0.4) is 0 Å². The van der Waals surface area contributed by atoms with Crippen molar-refractivity contribution in [2.24, 2.45) is 5.92 Å². The average molecular weight is 378 g/mol. The van der Waals surface area contributed by atoms with Gasteiger partial charge in [-0.3, -0.25) is 0 Å². The van der Waals surface area contributed by atoms with E-state index in [0.717, 1.165) is 23.2 Å². The van der Waals surface area contributed by atoms with E-state index in [2.05, 4.69) is 92.8 Å². The van der Waals surface area contributed by atoms with Crippen molar-refractivity contribution in [3.63, 3.8) is 0 Å². The van der Waals surface area contributed by atoms with Crippen LogP contribution in [-0.4, -0.2) is 0 Å². The van der Waals surface area contributed by atoms with Gasteiger partial charge in [-0.25, -0.2) is 0 Å². The second kappa shape index (κ2) is 10.3. The second-order valence-electron chi connectivity index (χ2n) is 8.17. The molecule has 1 aliphatic carbocycles. The summed E-state index contributed by atoms with van der Waals surface area (Å²) in [4.78, 5) is 0. The minimum Gasteiger partial charge on any atom is -0.398 e. The average Bonchev–Trinajstić information content (AvgIpc) is 2.62. The monoisotopic (exact) mass is 377 g/mol. The van der Waals surface area contributed by atoms with Gasteiger partial charge in [0.15, 0.2) is 0 Å². The maximum absolute atomic E-state index is 6.21. The fourth-order valence-corrected chi connectivity index (χ4v) is 3.19. The predicted octanol–water partition coefficient (Wildman–Crippen LogP) is 8.12. The number of nitrogen functional groups attached to an aromatic ring is 1. The molecule has 1 unspecified atom stereocenters. The lowest BCUT2D eigenvalue weighted by atomic mass is 9.78. The van der Waals surface area contributed by atoms with Crippen LogP contribution >= 0.6 is 0 Å². The van der Waals surface area contributed by atoms with Crippen molar-refractivity contribution < 1.29 is 0 Å². The summed E-state index contributed by atoms with van der Waals surface area (Å²) >= 11 is 0. The number of hydrogen-bond donors (Lipinski definition) is 1. The third-order valence-electron chi connectivity index (χ3n) is 5.42. The van der Waals surface area contributed by atoms with Crippen molar-refractivity contribution in [1.82, 2.24) is 0 Å². The molecule has 1 aromatic rings. The van der Waals surface area contributed by atoms with E-state index in [1.54, 1.807) is 0 Å². The van der Waals surface area contributed by atoms with Gasteiger partial charge in [0.05, 0.1) is 0 Å². The van der Waals surface area contributed by atoms with Crippen molar-refractivity contribution in [3.05, 3.63) is 82.0 Å². The minimum atomic E-state index is 0.351. The highest BCUT2D eigenvalue weighted by Gasteiger charge is 2.22. The molecule has 0 amide bonds. The number of aryl methyl sites for hydroxylation is 1. The minimum absolute atomic E-state index is 0.351. The van der Waals surface area contributed by atoms with Crippen LogP contribution in [0.4, 0.5) is 5.69 Å². The molecule has 1 heteroatoms. The molecule has 1 aliphatic rings. The molecule has 1 nitrogen and oxygen atoms in total. The smallest absolute Gasteiger partial charge is 0.0379 e. The van der Waals surface area contributed by atoms with Crippen LogP contribution < -0.4 is 5.73 Å². The molecule has 0 heterocycles. The van der Waals surface area contributed by atoms with Crippen molar-refractivity contribution in [3.8, 4) is 0 Å². The highest BCUT2D eigenvalue weighted by Crippen LogP contribution is 2.41. The number of rotatable bonds is 6. The Morgan fingerprint density at radius 2 is 1.64 bits per heavy atom. The molecule has 0 aliphatic heterocycles.